The summed E-state index contributed by atoms with van der Waals surface area (Å²) in [6.07, 6.45) is 1.88. The molecule has 0 N–H and O–H groups in total. The van der Waals surface area contributed by atoms with Crippen molar-refractivity contribution >= 4 is 15.8 Å². The molecule has 0 aliphatic carbocycles. The van der Waals surface area contributed by atoms with Crippen LogP contribution in [-0.2, 0) is 26.0 Å². The fourth-order valence-corrected chi connectivity index (χ4v) is 3.43. The molecule has 2 rings (SSSR count). The van der Waals surface area contributed by atoms with Crippen LogP contribution in [0.25, 0.3) is 0 Å². The molecule has 132 valence electrons. The third-order valence-electron chi connectivity index (χ3n) is 3.75. The van der Waals surface area contributed by atoms with E-state index in [0.29, 0.717) is 10.5 Å². The summed E-state index contributed by atoms with van der Waals surface area (Å²) >= 11 is 0. The number of carbonyl (C=O) groups is 1. The second kappa shape index (κ2) is 8.62. The van der Waals surface area contributed by atoms with E-state index in [9.17, 15) is 13.2 Å². The molecule has 5 heteroatoms. The lowest BCUT2D eigenvalue weighted by molar-refractivity contribution is -0.140. The lowest BCUT2D eigenvalue weighted by Gasteiger charge is -2.06. The minimum absolute atomic E-state index is 0.0423. The normalized spacial score (nSPS) is 12.0. The minimum Gasteiger partial charge on any atom is -0.457 e. The van der Waals surface area contributed by atoms with E-state index in [2.05, 4.69) is 0 Å². The van der Waals surface area contributed by atoms with E-state index in [4.69, 9.17) is 4.74 Å². The molecule has 25 heavy (non-hydrogen) atoms. The lowest BCUT2D eigenvalue weighted by Crippen LogP contribution is -2.08. The first kappa shape index (κ1) is 18.9. The van der Waals surface area contributed by atoms with Gasteiger partial charge in [-0.3, -0.25) is 0 Å². The van der Waals surface area contributed by atoms with Crippen molar-refractivity contribution in [3.8, 4) is 0 Å². The van der Waals surface area contributed by atoms with Gasteiger partial charge in [-0.05, 0) is 38.0 Å². The Bertz CT molecular complexity index is 835. The number of allylic oxidation sites excluding steroid dienone is 1. The largest absolute Gasteiger partial charge is 0.457 e. The molecule has 0 saturated carbocycles. The summed E-state index contributed by atoms with van der Waals surface area (Å²) in [6.45, 7) is 3.74. The van der Waals surface area contributed by atoms with Gasteiger partial charge in [0.05, 0.1) is 10.6 Å². The van der Waals surface area contributed by atoms with Gasteiger partial charge in [0.1, 0.15) is 6.61 Å². The van der Waals surface area contributed by atoms with E-state index in [-0.39, 0.29) is 18.8 Å². The summed E-state index contributed by atoms with van der Waals surface area (Å²) < 4.78 is 29.7. The molecule has 0 bridgehead atoms. The van der Waals surface area contributed by atoms with Crippen LogP contribution in [-0.4, -0.2) is 20.1 Å². The quantitative estimate of drug-likeness (QED) is 0.557. The average Bonchev–Trinajstić information content (AvgIpc) is 2.60. The van der Waals surface area contributed by atoms with Crippen molar-refractivity contribution in [1.29, 1.82) is 0 Å². The molecule has 2 aromatic carbocycles. The molecule has 0 spiro atoms. The zero-order chi connectivity index (χ0) is 18.3. The maximum Gasteiger partial charge on any atom is 0.333 e. The molecule has 0 amide bonds. The highest BCUT2D eigenvalue weighted by atomic mass is 32.2. The van der Waals surface area contributed by atoms with Crippen LogP contribution >= 0.6 is 0 Å². The van der Waals surface area contributed by atoms with Gasteiger partial charge < -0.3 is 4.74 Å². The van der Waals surface area contributed by atoms with E-state index >= 15 is 0 Å². The molecule has 0 aliphatic rings. The van der Waals surface area contributed by atoms with Crippen molar-refractivity contribution in [2.45, 2.75) is 31.8 Å². The van der Waals surface area contributed by atoms with Crippen molar-refractivity contribution < 1.29 is 17.9 Å². The van der Waals surface area contributed by atoms with Crippen molar-refractivity contribution in [3.63, 3.8) is 0 Å². The number of esters is 1. The minimum atomic E-state index is -3.35. The molecule has 0 atom stereocenters. The first-order valence-corrected chi connectivity index (χ1v) is 9.71. The first-order valence-electron chi connectivity index (χ1n) is 8.06. The fraction of sp³-hybridized carbons (Fsp3) is 0.250. The molecule has 0 heterocycles. The van der Waals surface area contributed by atoms with E-state index in [1.165, 1.54) is 0 Å². The van der Waals surface area contributed by atoms with Crippen LogP contribution in [0.5, 0.6) is 0 Å². The summed E-state index contributed by atoms with van der Waals surface area (Å²) in [5.41, 5.74) is 2.33. The van der Waals surface area contributed by atoms with Gasteiger partial charge in [-0.25, -0.2) is 13.2 Å². The molecule has 0 unspecified atom stereocenters. The van der Waals surface area contributed by atoms with E-state index < -0.39 is 15.8 Å². The van der Waals surface area contributed by atoms with Crippen LogP contribution in [0.15, 0.2) is 71.1 Å². The predicted molar refractivity (Wildman–Crippen MR) is 97.8 cm³/mol. The van der Waals surface area contributed by atoms with Crippen molar-refractivity contribution in [2.24, 2.45) is 0 Å². The second-order valence-corrected chi connectivity index (χ2v) is 7.98. The number of rotatable bonds is 7. The third kappa shape index (κ3) is 5.87. The molecule has 0 fully saturated rings. The Kier molecular flexibility index (Phi) is 6.53. The van der Waals surface area contributed by atoms with Gasteiger partial charge in [0, 0.05) is 5.57 Å². The second-order valence-electron chi connectivity index (χ2n) is 5.87. The Morgan fingerprint density at radius 2 is 1.68 bits per heavy atom. The molecule has 0 radical (unpaired) electrons. The van der Waals surface area contributed by atoms with Crippen molar-refractivity contribution in [2.75, 3.05) is 5.75 Å². The SMILES string of the molecule is C/C(=C\CCS(=O)(=O)c1ccc(C)cc1)C(=O)OCc1ccccc1. The summed E-state index contributed by atoms with van der Waals surface area (Å²) in [5, 5.41) is 0. The van der Waals surface area contributed by atoms with Crippen LogP contribution in [0.1, 0.15) is 24.5 Å². The molecule has 0 aliphatic heterocycles. The molecule has 4 nitrogen and oxygen atoms in total. The van der Waals surface area contributed by atoms with Crippen molar-refractivity contribution in [1.82, 2.24) is 0 Å². The molecular weight excluding hydrogens is 336 g/mol. The van der Waals surface area contributed by atoms with E-state index in [0.717, 1.165) is 11.1 Å². The molecule has 0 aromatic heterocycles. The van der Waals surface area contributed by atoms with E-state index in [1.54, 1.807) is 37.3 Å². The number of carbonyl (C=O) groups excluding carboxylic acids is 1. The number of ether oxygens (including phenoxy) is 1. The lowest BCUT2D eigenvalue weighted by atomic mass is 10.2. The van der Waals surface area contributed by atoms with Gasteiger partial charge in [-0.2, -0.15) is 0 Å². The molecule has 0 saturated heterocycles. The Balaban J connectivity index is 1.87. The maximum absolute atomic E-state index is 12.3. The number of aryl methyl sites for hydroxylation is 1. The number of hydrogen-bond donors (Lipinski definition) is 0. The van der Waals surface area contributed by atoms with Gasteiger partial charge in [0.25, 0.3) is 0 Å². The van der Waals surface area contributed by atoms with Crippen LogP contribution in [0, 0.1) is 6.92 Å². The Labute approximate surface area is 149 Å². The van der Waals surface area contributed by atoms with Gasteiger partial charge in [0.2, 0.25) is 0 Å². The van der Waals surface area contributed by atoms with Crippen LogP contribution in [0.4, 0.5) is 0 Å². The highest BCUT2D eigenvalue weighted by Gasteiger charge is 2.13. The first-order chi connectivity index (χ1) is 11.9. The fourth-order valence-electron chi connectivity index (χ4n) is 2.21. The van der Waals surface area contributed by atoms with Crippen LogP contribution in [0.3, 0.4) is 0 Å². The topological polar surface area (TPSA) is 60.4 Å². The van der Waals surface area contributed by atoms with E-state index in [1.807, 2.05) is 37.3 Å². The summed E-state index contributed by atoms with van der Waals surface area (Å²) in [6, 6.07) is 16.2. The van der Waals surface area contributed by atoms with Gasteiger partial charge >= 0.3 is 5.97 Å². The smallest absolute Gasteiger partial charge is 0.333 e. The summed E-state index contributed by atoms with van der Waals surface area (Å²) in [7, 11) is -3.35. The van der Waals surface area contributed by atoms with Crippen LogP contribution < -0.4 is 0 Å². The molecular formula is C20H22O4S. The number of benzene rings is 2. The standard InChI is InChI=1S/C20H22O4S/c1-16-10-12-19(13-11-16)25(22,23)14-6-7-17(2)20(21)24-15-18-8-4-3-5-9-18/h3-5,7-13H,6,14-15H2,1-2H3/b17-7+. The highest BCUT2D eigenvalue weighted by molar-refractivity contribution is 7.91. The summed E-state index contributed by atoms with van der Waals surface area (Å²) in [5.74, 6) is -0.476. The Morgan fingerprint density at radius 1 is 1.04 bits per heavy atom. The average molecular weight is 358 g/mol. The predicted octanol–water partition coefficient (Wildman–Crippen LogP) is 3.85. The molecule has 2 aromatic rings. The summed E-state index contributed by atoms with van der Waals surface area (Å²) in [4.78, 5) is 12.2. The van der Waals surface area contributed by atoms with Crippen LogP contribution in [0.2, 0.25) is 0 Å². The maximum atomic E-state index is 12.3. The van der Waals surface area contributed by atoms with Gasteiger partial charge in [-0.1, -0.05) is 54.1 Å². The Morgan fingerprint density at radius 3 is 2.32 bits per heavy atom. The third-order valence-corrected chi connectivity index (χ3v) is 5.52. The highest BCUT2D eigenvalue weighted by Crippen LogP contribution is 2.14. The van der Waals surface area contributed by atoms with Gasteiger partial charge in [0.15, 0.2) is 9.84 Å². The number of hydrogen-bond acceptors (Lipinski definition) is 4. The monoisotopic (exact) mass is 358 g/mol. The van der Waals surface area contributed by atoms with Crippen molar-refractivity contribution in [3.05, 3.63) is 77.4 Å². The van der Waals surface area contributed by atoms with Gasteiger partial charge in [-0.15, -0.1) is 0 Å². The zero-order valence-corrected chi connectivity index (χ0v) is 15.3. The number of sulfone groups is 1. The zero-order valence-electron chi connectivity index (χ0n) is 14.4. The Hall–Kier alpha value is -2.40.